The number of carbonyl (C=O) groups excluding carboxylic acids is 1. The van der Waals surface area contributed by atoms with E-state index in [1.165, 1.54) is 6.07 Å². The molecular formula is C17H20ClN5O4. The summed E-state index contributed by atoms with van der Waals surface area (Å²) >= 11 is 6.01. The van der Waals surface area contributed by atoms with Crippen LogP contribution in [0, 0.1) is 27.9 Å². The predicted molar refractivity (Wildman–Crippen MR) is 97.6 cm³/mol. The van der Waals surface area contributed by atoms with Gasteiger partial charge in [-0.2, -0.15) is 4.98 Å². The first-order chi connectivity index (χ1) is 13.0. The second-order valence-electron chi connectivity index (χ2n) is 7.10. The summed E-state index contributed by atoms with van der Waals surface area (Å²) in [5.41, 5.74) is 0.454. The van der Waals surface area contributed by atoms with Gasteiger partial charge in [-0.25, -0.2) is 0 Å². The number of fused-ring (bicyclic) bond motifs is 4. The van der Waals surface area contributed by atoms with Gasteiger partial charge in [-0.05, 0) is 72.1 Å². The van der Waals surface area contributed by atoms with Gasteiger partial charge in [0.25, 0.3) is 5.28 Å². The van der Waals surface area contributed by atoms with Crippen LogP contribution in [-0.4, -0.2) is 38.1 Å². The van der Waals surface area contributed by atoms with Crippen LogP contribution >= 0.6 is 11.6 Å². The maximum atomic E-state index is 12.6. The molecule has 1 N–H and O–H groups in total. The zero-order valence-corrected chi connectivity index (χ0v) is 15.6. The van der Waals surface area contributed by atoms with Gasteiger partial charge in [-0.3, -0.25) is 4.79 Å². The van der Waals surface area contributed by atoms with Gasteiger partial charge in [0.05, 0.1) is 12.5 Å². The maximum Gasteiger partial charge on any atom is 0.348 e. The minimum Gasteiger partial charge on any atom is -0.466 e. The van der Waals surface area contributed by atoms with Crippen LogP contribution in [0.25, 0.3) is 5.52 Å². The molecule has 0 unspecified atom stereocenters. The molecule has 0 amide bonds. The molecule has 5 rings (SSSR count). The number of anilines is 1. The van der Waals surface area contributed by atoms with Gasteiger partial charge in [0.1, 0.15) is 0 Å². The highest BCUT2D eigenvalue weighted by Gasteiger charge is 2.48. The van der Waals surface area contributed by atoms with Crippen LogP contribution in [0.15, 0.2) is 12.1 Å². The average Bonchev–Trinajstić information content (AvgIpc) is 3.07. The second kappa shape index (κ2) is 6.95. The van der Waals surface area contributed by atoms with Gasteiger partial charge in [0.15, 0.2) is 11.3 Å². The largest absolute Gasteiger partial charge is 0.466 e. The Labute approximate surface area is 160 Å². The molecule has 0 aromatic carbocycles. The third kappa shape index (κ3) is 3.09. The lowest BCUT2D eigenvalue weighted by Gasteiger charge is -2.47. The topological polar surface area (TPSA) is 112 Å². The average molecular weight is 394 g/mol. The van der Waals surface area contributed by atoms with Crippen molar-refractivity contribution in [2.75, 3.05) is 11.9 Å². The van der Waals surface area contributed by atoms with Gasteiger partial charge >= 0.3 is 11.8 Å². The summed E-state index contributed by atoms with van der Waals surface area (Å²) in [5.74, 6) is 0.363. The zero-order valence-electron chi connectivity index (χ0n) is 14.8. The lowest BCUT2D eigenvalue weighted by Crippen LogP contribution is -2.52. The van der Waals surface area contributed by atoms with E-state index in [0.717, 1.165) is 30.2 Å². The predicted octanol–water partition coefficient (Wildman–Crippen LogP) is 3.07. The Balaban J connectivity index is 1.71. The van der Waals surface area contributed by atoms with Gasteiger partial charge in [0.2, 0.25) is 0 Å². The molecule has 3 fully saturated rings. The molecule has 2 atom stereocenters. The van der Waals surface area contributed by atoms with Crippen molar-refractivity contribution in [3.05, 3.63) is 27.5 Å². The fraction of sp³-hybridized carbons (Fsp3) is 0.588. The van der Waals surface area contributed by atoms with Crippen molar-refractivity contribution in [3.8, 4) is 0 Å². The number of hydrogen-bond acceptors (Lipinski definition) is 7. The van der Waals surface area contributed by atoms with E-state index in [9.17, 15) is 14.9 Å². The fourth-order valence-electron chi connectivity index (χ4n) is 4.59. The summed E-state index contributed by atoms with van der Waals surface area (Å²) in [6, 6.07) is 2.80. The first kappa shape index (κ1) is 18.0. The standard InChI is InChI=1S/C17H20ClN5O4/c1-2-27-16(24)13-9-3-5-10(6-4-9)14(13)19-15-11-7-8-12(23(25)26)22(11)21-17(18)20-15/h7-10,13-14H,2-6H2,1H3,(H,19,20,21)/t9?,10?,13-,14-/m0/s1. The van der Waals surface area contributed by atoms with Crippen molar-refractivity contribution < 1.29 is 14.5 Å². The van der Waals surface area contributed by atoms with E-state index < -0.39 is 4.92 Å². The highest BCUT2D eigenvalue weighted by atomic mass is 35.5. The number of nitrogens with zero attached hydrogens (tertiary/aromatic N) is 4. The van der Waals surface area contributed by atoms with Crippen LogP contribution in [0.4, 0.5) is 11.6 Å². The Bertz CT molecular complexity index is 893. The maximum absolute atomic E-state index is 12.6. The summed E-state index contributed by atoms with van der Waals surface area (Å²) in [4.78, 5) is 27.5. The molecule has 3 saturated carbocycles. The molecule has 3 aliphatic rings. The number of nitro groups is 1. The van der Waals surface area contributed by atoms with Crippen LogP contribution in [0.3, 0.4) is 0 Å². The van der Waals surface area contributed by atoms with Crippen molar-refractivity contribution in [1.29, 1.82) is 0 Å². The summed E-state index contributed by atoms with van der Waals surface area (Å²) < 4.78 is 6.48. The lowest BCUT2D eigenvalue weighted by atomic mass is 9.61. The van der Waals surface area contributed by atoms with Gasteiger partial charge in [-0.1, -0.05) is 4.52 Å². The Hall–Kier alpha value is -2.42. The molecule has 0 spiro atoms. The van der Waals surface area contributed by atoms with Crippen molar-refractivity contribution in [1.82, 2.24) is 14.6 Å². The minimum absolute atomic E-state index is 0.0991. The number of aromatic nitrogens is 3. The Kier molecular flexibility index (Phi) is 4.63. The van der Waals surface area contributed by atoms with Crippen molar-refractivity contribution >= 4 is 34.7 Å². The van der Waals surface area contributed by atoms with Crippen LogP contribution in [0.2, 0.25) is 5.28 Å². The quantitative estimate of drug-likeness (QED) is 0.472. The lowest BCUT2D eigenvalue weighted by molar-refractivity contribution is -0.390. The zero-order chi connectivity index (χ0) is 19.1. The molecule has 10 heteroatoms. The van der Waals surface area contributed by atoms with E-state index >= 15 is 0 Å². The molecule has 0 radical (unpaired) electrons. The molecule has 2 aromatic rings. The Morgan fingerprint density at radius 1 is 1.37 bits per heavy atom. The monoisotopic (exact) mass is 393 g/mol. The van der Waals surface area contributed by atoms with Crippen LogP contribution in [0.1, 0.15) is 32.6 Å². The van der Waals surface area contributed by atoms with E-state index in [0.29, 0.717) is 23.9 Å². The molecule has 3 aliphatic carbocycles. The van der Waals surface area contributed by atoms with Crippen molar-refractivity contribution in [2.45, 2.75) is 38.6 Å². The third-order valence-corrected chi connectivity index (χ3v) is 5.89. The van der Waals surface area contributed by atoms with Crippen molar-refractivity contribution in [2.24, 2.45) is 17.8 Å². The van der Waals surface area contributed by atoms with Gasteiger partial charge in [0, 0.05) is 12.1 Å². The van der Waals surface area contributed by atoms with Gasteiger partial charge in [-0.15, -0.1) is 0 Å². The van der Waals surface area contributed by atoms with E-state index in [2.05, 4.69) is 15.4 Å². The molecule has 2 heterocycles. The Morgan fingerprint density at radius 2 is 2.07 bits per heavy atom. The smallest absolute Gasteiger partial charge is 0.348 e. The number of ether oxygens (including phenoxy) is 1. The van der Waals surface area contributed by atoms with Crippen LogP contribution in [0.5, 0.6) is 0 Å². The molecule has 0 saturated heterocycles. The second-order valence-corrected chi connectivity index (χ2v) is 7.44. The molecule has 2 bridgehead atoms. The third-order valence-electron chi connectivity index (χ3n) is 5.73. The fourth-order valence-corrected chi connectivity index (χ4v) is 4.75. The van der Waals surface area contributed by atoms with Crippen LogP contribution < -0.4 is 5.32 Å². The van der Waals surface area contributed by atoms with Gasteiger partial charge < -0.3 is 20.2 Å². The SMILES string of the molecule is CCOC(=O)[C@H]1C2CCC(CC2)[C@@H]1Nc1nc(Cl)nn2c([N+](=O)[O-])ccc12. The first-order valence-corrected chi connectivity index (χ1v) is 9.50. The van der Waals surface area contributed by atoms with E-state index in [4.69, 9.17) is 16.3 Å². The normalized spacial score (nSPS) is 26.9. The van der Waals surface area contributed by atoms with E-state index in [-0.39, 0.29) is 34.9 Å². The number of esters is 1. The van der Waals surface area contributed by atoms with E-state index in [1.807, 2.05) is 0 Å². The number of rotatable bonds is 5. The molecule has 144 valence electrons. The highest BCUT2D eigenvalue weighted by Crippen LogP contribution is 2.47. The van der Waals surface area contributed by atoms with Crippen molar-refractivity contribution in [3.63, 3.8) is 0 Å². The summed E-state index contributed by atoms with van der Waals surface area (Å²) in [6.07, 6.45) is 4.11. The minimum atomic E-state index is -0.524. The molecule has 0 aliphatic heterocycles. The van der Waals surface area contributed by atoms with Crippen LogP contribution in [-0.2, 0) is 9.53 Å². The Morgan fingerprint density at radius 3 is 2.74 bits per heavy atom. The molecule has 2 aromatic heterocycles. The molecule has 9 nitrogen and oxygen atoms in total. The highest BCUT2D eigenvalue weighted by molar-refractivity contribution is 6.28. The number of halogens is 1. The number of carbonyl (C=O) groups is 1. The van der Waals surface area contributed by atoms with E-state index in [1.54, 1.807) is 13.0 Å². The summed E-state index contributed by atoms with van der Waals surface area (Å²) in [7, 11) is 0. The summed E-state index contributed by atoms with van der Waals surface area (Å²) in [5, 5.41) is 18.4. The first-order valence-electron chi connectivity index (χ1n) is 9.12. The molecular weight excluding hydrogens is 374 g/mol. The number of nitrogens with one attached hydrogen (secondary N) is 1. The molecule has 27 heavy (non-hydrogen) atoms. The summed E-state index contributed by atoms with van der Waals surface area (Å²) in [6.45, 7) is 2.14. The number of hydrogen-bond donors (Lipinski definition) is 1.